The zero-order chi connectivity index (χ0) is 19.7. The van der Waals surface area contributed by atoms with Gasteiger partial charge in [0, 0.05) is 19.5 Å². The van der Waals surface area contributed by atoms with Gasteiger partial charge in [-0.15, -0.1) is 0 Å². The van der Waals surface area contributed by atoms with Gasteiger partial charge < -0.3 is 25.4 Å². The number of nitrogens with zero attached hydrogens (tertiary/aromatic N) is 1. The molecular weight excluding hydrogens is 342 g/mol. The minimum atomic E-state index is -0.631. The topological polar surface area (TPSA) is 128 Å². The number of carbonyl (C=O) groups is 4. The Labute approximate surface area is 153 Å². The van der Waals surface area contributed by atoms with Gasteiger partial charge in [0.15, 0.2) is 6.61 Å². The van der Waals surface area contributed by atoms with Crippen LogP contribution in [0.15, 0.2) is 0 Å². The fourth-order valence-electron chi connectivity index (χ4n) is 2.56. The second-order valence-electron chi connectivity index (χ2n) is 7.19. The first-order chi connectivity index (χ1) is 12.1. The predicted molar refractivity (Wildman–Crippen MR) is 93.0 cm³/mol. The molecular formula is C17H29N3O6. The molecule has 148 valence electrons. The largest absolute Gasteiger partial charge is 0.456 e. The third-order valence-corrected chi connectivity index (χ3v) is 3.73. The van der Waals surface area contributed by atoms with Crippen LogP contribution >= 0.6 is 0 Å². The van der Waals surface area contributed by atoms with Crippen molar-refractivity contribution in [2.75, 3.05) is 19.7 Å². The van der Waals surface area contributed by atoms with Crippen LogP contribution in [0, 0.1) is 0 Å². The lowest BCUT2D eigenvalue weighted by molar-refractivity contribution is -0.154. The van der Waals surface area contributed by atoms with Gasteiger partial charge in [0.1, 0.15) is 11.6 Å². The summed E-state index contributed by atoms with van der Waals surface area (Å²) in [5.41, 5.74) is 4.73. The Morgan fingerprint density at radius 1 is 1.19 bits per heavy atom. The van der Waals surface area contributed by atoms with E-state index in [4.69, 9.17) is 15.2 Å². The Kier molecular flexibility index (Phi) is 8.34. The third-order valence-electron chi connectivity index (χ3n) is 3.73. The van der Waals surface area contributed by atoms with Crippen molar-refractivity contribution in [3.63, 3.8) is 0 Å². The summed E-state index contributed by atoms with van der Waals surface area (Å²) in [5, 5.41) is 2.53. The quantitative estimate of drug-likeness (QED) is 0.501. The molecule has 0 aliphatic carbocycles. The molecule has 0 unspecified atom stereocenters. The summed E-state index contributed by atoms with van der Waals surface area (Å²) < 4.78 is 10.0. The second-order valence-corrected chi connectivity index (χ2v) is 7.19. The van der Waals surface area contributed by atoms with E-state index in [-0.39, 0.29) is 13.0 Å². The molecule has 0 aromatic heterocycles. The Morgan fingerprint density at radius 2 is 1.88 bits per heavy atom. The summed E-state index contributed by atoms with van der Waals surface area (Å²) in [7, 11) is 0. The third kappa shape index (κ3) is 8.17. The van der Waals surface area contributed by atoms with E-state index in [1.54, 1.807) is 20.8 Å². The smallest absolute Gasteiger partial charge is 0.407 e. The highest BCUT2D eigenvalue weighted by atomic mass is 16.6. The second kappa shape index (κ2) is 9.98. The molecule has 1 aliphatic rings. The Bertz CT molecular complexity index is 529. The fraction of sp³-hybridized carbons (Fsp3) is 0.765. The number of nitrogens with two attached hydrogens (primary N) is 1. The summed E-state index contributed by atoms with van der Waals surface area (Å²) in [6, 6.07) is -0.631. The summed E-state index contributed by atoms with van der Waals surface area (Å²) in [5.74, 6) is -1.51. The van der Waals surface area contributed by atoms with Crippen LogP contribution < -0.4 is 11.1 Å². The van der Waals surface area contributed by atoms with Gasteiger partial charge in [0.2, 0.25) is 5.91 Å². The van der Waals surface area contributed by atoms with Gasteiger partial charge in [0.25, 0.3) is 5.91 Å². The highest BCUT2D eigenvalue weighted by molar-refractivity contribution is 5.88. The Morgan fingerprint density at radius 3 is 2.50 bits per heavy atom. The Hall–Kier alpha value is -2.32. The van der Waals surface area contributed by atoms with Crippen molar-refractivity contribution in [1.82, 2.24) is 10.2 Å². The van der Waals surface area contributed by atoms with Crippen LogP contribution in [0.5, 0.6) is 0 Å². The van der Waals surface area contributed by atoms with E-state index in [1.165, 1.54) is 4.90 Å². The zero-order valence-electron chi connectivity index (χ0n) is 15.7. The first kappa shape index (κ1) is 21.7. The number of ether oxygens (including phenoxy) is 2. The summed E-state index contributed by atoms with van der Waals surface area (Å²) in [4.78, 5) is 48.0. The molecule has 3 amide bonds. The van der Waals surface area contributed by atoms with Crippen LogP contribution in [0.4, 0.5) is 4.79 Å². The number of nitrogens with one attached hydrogen (secondary N) is 1. The maximum atomic E-state index is 12.1. The molecule has 0 radical (unpaired) electrons. The van der Waals surface area contributed by atoms with E-state index >= 15 is 0 Å². The van der Waals surface area contributed by atoms with Gasteiger partial charge in [-0.2, -0.15) is 0 Å². The lowest BCUT2D eigenvalue weighted by Gasteiger charge is -2.33. The van der Waals surface area contributed by atoms with Crippen LogP contribution in [-0.2, 0) is 23.9 Å². The van der Waals surface area contributed by atoms with Crippen molar-refractivity contribution in [1.29, 1.82) is 0 Å². The number of hydrogen-bond donors (Lipinski definition) is 2. The molecule has 26 heavy (non-hydrogen) atoms. The molecule has 3 N–H and O–H groups in total. The van der Waals surface area contributed by atoms with E-state index in [0.717, 1.165) is 12.8 Å². The number of piperidine rings is 1. The average molecular weight is 371 g/mol. The number of rotatable bonds is 7. The normalized spacial score (nSPS) is 17.3. The SMILES string of the molecule is CC(C)(C)OC(=O)NCCCC(=O)OCC(=O)N1CCCC[C@H]1C(N)=O. The van der Waals surface area contributed by atoms with E-state index in [0.29, 0.717) is 19.4 Å². The van der Waals surface area contributed by atoms with Gasteiger partial charge in [-0.1, -0.05) is 0 Å². The minimum Gasteiger partial charge on any atom is -0.456 e. The van der Waals surface area contributed by atoms with Crippen molar-refractivity contribution in [2.24, 2.45) is 5.73 Å². The fourth-order valence-corrected chi connectivity index (χ4v) is 2.56. The molecule has 1 aliphatic heterocycles. The van der Waals surface area contributed by atoms with Gasteiger partial charge in [-0.05, 0) is 46.5 Å². The molecule has 1 fully saturated rings. The minimum absolute atomic E-state index is 0.0579. The van der Waals surface area contributed by atoms with Crippen LogP contribution in [-0.4, -0.2) is 60.1 Å². The van der Waals surface area contributed by atoms with Crippen LogP contribution in [0.3, 0.4) is 0 Å². The number of likely N-dealkylation sites (tertiary alicyclic amines) is 1. The van der Waals surface area contributed by atoms with Crippen LogP contribution in [0.25, 0.3) is 0 Å². The predicted octanol–water partition coefficient (Wildman–Crippen LogP) is 0.701. The monoisotopic (exact) mass is 371 g/mol. The van der Waals surface area contributed by atoms with E-state index < -0.39 is 42.1 Å². The number of carbonyl (C=O) groups excluding carboxylic acids is 4. The number of esters is 1. The van der Waals surface area contributed by atoms with Crippen molar-refractivity contribution in [3.05, 3.63) is 0 Å². The zero-order valence-corrected chi connectivity index (χ0v) is 15.7. The van der Waals surface area contributed by atoms with Crippen LogP contribution in [0.2, 0.25) is 0 Å². The molecule has 9 nitrogen and oxygen atoms in total. The number of primary amides is 1. The van der Waals surface area contributed by atoms with Gasteiger partial charge in [-0.3, -0.25) is 14.4 Å². The maximum Gasteiger partial charge on any atom is 0.407 e. The highest BCUT2D eigenvalue weighted by Crippen LogP contribution is 2.17. The first-order valence-corrected chi connectivity index (χ1v) is 8.81. The van der Waals surface area contributed by atoms with Gasteiger partial charge in [-0.25, -0.2) is 4.79 Å². The molecule has 0 aromatic rings. The van der Waals surface area contributed by atoms with Gasteiger partial charge in [0.05, 0.1) is 0 Å². The average Bonchev–Trinajstić information content (AvgIpc) is 2.55. The van der Waals surface area contributed by atoms with Gasteiger partial charge >= 0.3 is 12.1 Å². The van der Waals surface area contributed by atoms with Crippen molar-refractivity contribution in [3.8, 4) is 0 Å². The summed E-state index contributed by atoms with van der Waals surface area (Å²) in [6.07, 6.45) is 2.03. The molecule has 0 saturated carbocycles. The number of amides is 3. The van der Waals surface area contributed by atoms with E-state index in [1.807, 2.05) is 0 Å². The highest BCUT2D eigenvalue weighted by Gasteiger charge is 2.30. The molecule has 0 spiro atoms. The molecule has 0 aromatic carbocycles. The number of hydrogen-bond acceptors (Lipinski definition) is 6. The number of alkyl carbamates (subject to hydrolysis) is 1. The standard InChI is InChI=1S/C17H29N3O6/c1-17(2,3)26-16(24)19-9-6-8-14(22)25-11-13(21)20-10-5-4-7-12(20)15(18)23/h12H,4-11H2,1-3H3,(H2,18,23)(H,19,24)/t12-/m0/s1. The lowest BCUT2D eigenvalue weighted by atomic mass is 10.0. The van der Waals surface area contributed by atoms with Crippen molar-refractivity contribution >= 4 is 23.9 Å². The first-order valence-electron chi connectivity index (χ1n) is 8.81. The van der Waals surface area contributed by atoms with Crippen molar-refractivity contribution < 1.29 is 28.7 Å². The van der Waals surface area contributed by atoms with Crippen molar-refractivity contribution in [2.45, 2.75) is 64.5 Å². The summed E-state index contributed by atoms with van der Waals surface area (Å²) >= 11 is 0. The van der Waals surface area contributed by atoms with E-state index in [2.05, 4.69) is 5.32 Å². The maximum absolute atomic E-state index is 12.1. The van der Waals surface area contributed by atoms with Crippen LogP contribution in [0.1, 0.15) is 52.9 Å². The lowest BCUT2D eigenvalue weighted by Crippen LogP contribution is -2.51. The van der Waals surface area contributed by atoms with E-state index in [9.17, 15) is 19.2 Å². The molecule has 1 heterocycles. The molecule has 1 rings (SSSR count). The molecule has 1 atom stereocenters. The molecule has 0 bridgehead atoms. The molecule has 1 saturated heterocycles. The Balaban J connectivity index is 2.24. The summed E-state index contributed by atoms with van der Waals surface area (Å²) in [6.45, 7) is 5.55. The molecule has 9 heteroatoms.